The van der Waals surface area contributed by atoms with Gasteiger partial charge in [-0.3, -0.25) is 4.90 Å². The minimum absolute atomic E-state index is 0.131. The summed E-state index contributed by atoms with van der Waals surface area (Å²) in [5.41, 5.74) is 0.967. The Hall–Kier alpha value is -1.63. The van der Waals surface area contributed by atoms with Crippen molar-refractivity contribution < 1.29 is 24.1 Å². The maximum Gasteiger partial charge on any atom is 0.410 e. The Morgan fingerprint density at radius 3 is 2.58 bits per heavy atom. The van der Waals surface area contributed by atoms with Crippen LogP contribution in [0.15, 0.2) is 30.3 Å². The Morgan fingerprint density at radius 2 is 1.90 bits per heavy atom. The third kappa shape index (κ3) is 6.43. The number of carbonyl (C=O) groups is 1. The second kappa shape index (κ2) is 11.8. The highest BCUT2D eigenvalue weighted by atomic mass is 16.7. The molecule has 0 saturated carbocycles. The fraction of sp³-hybridized carbons (Fsp3) is 0.720. The average Bonchev–Trinajstić information content (AvgIpc) is 3.43. The summed E-state index contributed by atoms with van der Waals surface area (Å²) in [7, 11) is 0. The van der Waals surface area contributed by atoms with Gasteiger partial charge in [0.15, 0.2) is 5.79 Å². The van der Waals surface area contributed by atoms with E-state index < -0.39 is 11.9 Å². The first kappa shape index (κ1) is 24.0. The van der Waals surface area contributed by atoms with E-state index in [0.29, 0.717) is 26.1 Å². The van der Waals surface area contributed by atoms with Crippen molar-refractivity contribution in [3.63, 3.8) is 0 Å². The largest absolute Gasteiger partial charge is 0.445 e. The molecule has 0 bridgehead atoms. The van der Waals surface area contributed by atoms with Crippen LogP contribution < -0.4 is 0 Å². The molecule has 0 radical (unpaired) electrons. The van der Waals surface area contributed by atoms with Crippen molar-refractivity contribution in [3.8, 4) is 0 Å². The van der Waals surface area contributed by atoms with Gasteiger partial charge in [0.05, 0.1) is 25.4 Å². The number of hydrogen-bond acceptors (Lipinski definition) is 5. The molecule has 2 heterocycles. The standard InChI is InChI=1S/C25H39NO5/c1-3-5-11-21-12-13-22(23(27)14-16-25(15-4-2)30-17-18-31-25)26(21)24(28)29-19-20-9-7-6-8-10-20/h6-10,21-23,27H,3-5,11-19H2,1-2H3/t21-,22-,23-/m0/s1. The molecule has 0 spiro atoms. The van der Waals surface area contributed by atoms with E-state index in [9.17, 15) is 9.90 Å². The lowest BCUT2D eigenvalue weighted by molar-refractivity contribution is -0.172. The van der Waals surface area contributed by atoms with Gasteiger partial charge in [0, 0.05) is 18.9 Å². The van der Waals surface area contributed by atoms with Gasteiger partial charge in [0.2, 0.25) is 0 Å². The van der Waals surface area contributed by atoms with Crippen LogP contribution in [0.3, 0.4) is 0 Å². The molecular formula is C25H39NO5. The number of rotatable bonds is 11. The summed E-state index contributed by atoms with van der Waals surface area (Å²) in [5, 5.41) is 11.1. The fourth-order valence-corrected chi connectivity index (χ4v) is 4.94. The molecule has 31 heavy (non-hydrogen) atoms. The molecule has 1 aromatic carbocycles. The highest BCUT2D eigenvalue weighted by molar-refractivity contribution is 5.69. The van der Waals surface area contributed by atoms with Crippen LogP contribution in [0, 0.1) is 0 Å². The van der Waals surface area contributed by atoms with Crippen LogP contribution >= 0.6 is 0 Å². The molecule has 2 saturated heterocycles. The van der Waals surface area contributed by atoms with E-state index in [2.05, 4.69) is 13.8 Å². The Balaban J connectivity index is 1.62. The van der Waals surface area contributed by atoms with Crippen molar-refractivity contribution in [2.24, 2.45) is 0 Å². The molecule has 1 aromatic rings. The highest BCUT2D eigenvalue weighted by Gasteiger charge is 2.43. The predicted molar refractivity (Wildman–Crippen MR) is 120 cm³/mol. The summed E-state index contributed by atoms with van der Waals surface area (Å²) in [6.45, 7) is 5.74. The summed E-state index contributed by atoms with van der Waals surface area (Å²) in [4.78, 5) is 14.9. The smallest absolute Gasteiger partial charge is 0.410 e. The summed E-state index contributed by atoms with van der Waals surface area (Å²) in [6.07, 6.45) is 6.88. The first-order valence-corrected chi connectivity index (χ1v) is 12.0. The zero-order valence-corrected chi connectivity index (χ0v) is 19.1. The second-order valence-electron chi connectivity index (χ2n) is 8.85. The monoisotopic (exact) mass is 433 g/mol. The number of aliphatic hydroxyl groups is 1. The molecule has 1 amide bonds. The van der Waals surface area contributed by atoms with E-state index in [0.717, 1.165) is 50.5 Å². The predicted octanol–water partition coefficient (Wildman–Crippen LogP) is 5.03. The number of hydrogen-bond donors (Lipinski definition) is 1. The minimum atomic E-state index is -0.613. The molecule has 2 fully saturated rings. The van der Waals surface area contributed by atoms with Gasteiger partial charge in [-0.15, -0.1) is 0 Å². The van der Waals surface area contributed by atoms with Gasteiger partial charge in [-0.1, -0.05) is 63.4 Å². The molecule has 2 aliphatic heterocycles. The van der Waals surface area contributed by atoms with Crippen molar-refractivity contribution in [1.82, 2.24) is 4.90 Å². The molecule has 0 unspecified atom stereocenters. The lowest BCUT2D eigenvalue weighted by Gasteiger charge is -2.34. The maximum absolute atomic E-state index is 13.1. The van der Waals surface area contributed by atoms with E-state index in [-0.39, 0.29) is 24.8 Å². The average molecular weight is 434 g/mol. The van der Waals surface area contributed by atoms with E-state index in [1.165, 1.54) is 0 Å². The van der Waals surface area contributed by atoms with Crippen molar-refractivity contribution in [2.45, 2.75) is 102 Å². The van der Waals surface area contributed by atoms with Crippen LogP contribution in [0.4, 0.5) is 4.79 Å². The van der Waals surface area contributed by atoms with Gasteiger partial charge in [-0.25, -0.2) is 4.79 Å². The molecule has 1 N–H and O–H groups in total. The molecule has 6 heteroatoms. The van der Waals surface area contributed by atoms with Crippen LogP contribution in [0.5, 0.6) is 0 Å². The van der Waals surface area contributed by atoms with Crippen molar-refractivity contribution in [3.05, 3.63) is 35.9 Å². The van der Waals surface area contributed by atoms with Crippen molar-refractivity contribution in [2.75, 3.05) is 13.2 Å². The number of nitrogens with zero attached hydrogens (tertiary/aromatic N) is 1. The second-order valence-corrected chi connectivity index (χ2v) is 8.85. The van der Waals surface area contributed by atoms with Gasteiger partial charge in [0.25, 0.3) is 0 Å². The van der Waals surface area contributed by atoms with Crippen LogP contribution in [0.2, 0.25) is 0 Å². The van der Waals surface area contributed by atoms with Crippen molar-refractivity contribution >= 4 is 6.09 Å². The van der Waals surface area contributed by atoms with Crippen LogP contribution in [-0.2, 0) is 20.8 Å². The molecule has 174 valence electrons. The summed E-state index contributed by atoms with van der Waals surface area (Å²) >= 11 is 0. The van der Waals surface area contributed by atoms with Gasteiger partial charge < -0.3 is 19.3 Å². The first-order valence-electron chi connectivity index (χ1n) is 12.0. The van der Waals surface area contributed by atoms with Crippen LogP contribution in [-0.4, -0.2) is 53.3 Å². The molecule has 6 nitrogen and oxygen atoms in total. The SMILES string of the molecule is CCCC[C@H]1CC[C@@H]([C@@H](O)CCC2(CCC)OCCO2)N1C(=O)OCc1ccccc1. The van der Waals surface area contributed by atoms with Gasteiger partial charge in [-0.2, -0.15) is 0 Å². The van der Waals surface area contributed by atoms with Gasteiger partial charge >= 0.3 is 6.09 Å². The number of benzene rings is 1. The molecule has 0 aliphatic carbocycles. The third-order valence-electron chi connectivity index (χ3n) is 6.56. The minimum Gasteiger partial charge on any atom is -0.445 e. The van der Waals surface area contributed by atoms with E-state index in [1.807, 2.05) is 35.2 Å². The zero-order chi connectivity index (χ0) is 22.1. The molecule has 3 rings (SSSR count). The van der Waals surface area contributed by atoms with Crippen molar-refractivity contribution in [1.29, 1.82) is 0 Å². The number of unbranched alkanes of at least 4 members (excludes halogenated alkanes) is 1. The fourth-order valence-electron chi connectivity index (χ4n) is 4.94. The molecule has 2 aliphatic rings. The van der Waals surface area contributed by atoms with E-state index in [1.54, 1.807) is 0 Å². The quantitative estimate of drug-likeness (QED) is 0.530. The summed E-state index contributed by atoms with van der Waals surface area (Å²) < 4.78 is 17.4. The number of amides is 1. The lowest BCUT2D eigenvalue weighted by atomic mass is 9.97. The molecule has 0 aromatic heterocycles. The normalized spacial score (nSPS) is 23.8. The Kier molecular flexibility index (Phi) is 9.17. The Bertz CT molecular complexity index is 661. The molecular weight excluding hydrogens is 394 g/mol. The highest BCUT2D eigenvalue weighted by Crippen LogP contribution is 2.35. The third-order valence-corrected chi connectivity index (χ3v) is 6.56. The summed E-state index contributed by atoms with van der Waals surface area (Å²) in [5.74, 6) is -0.575. The topological polar surface area (TPSA) is 68.2 Å². The number of ether oxygens (including phenoxy) is 3. The number of likely N-dealkylation sites (tertiary alicyclic amines) is 1. The van der Waals surface area contributed by atoms with Crippen LogP contribution in [0.25, 0.3) is 0 Å². The Labute approximate surface area is 186 Å². The maximum atomic E-state index is 13.1. The van der Waals surface area contributed by atoms with E-state index >= 15 is 0 Å². The Morgan fingerprint density at radius 1 is 1.16 bits per heavy atom. The van der Waals surface area contributed by atoms with E-state index in [4.69, 9.17) is 14.2 Å². The number of aliphatic hydroxyl groups excluding tert-OH is 1. The lowest BCUT2D eigenvalue weighted by Crippen LogP contribution is -2.47. The van der Waals surface area contributed by atoms with Gasteiger partial charge in [-0.05, 0) is 31.2 Å². The zero-order valence-electron chi connectivity index (χ0n) is 19.1. The number of carbonyl (C=O) groups excluding carboxylic acids is 1. The van der Waals surface area contributed by atoms with Crippen LogP contribution in [0.1, 0.15) is 77.2 Å². The first-order chi connectivity index (χ1) is 15.1. The van der Waals surface area contributed by atoms with Gasteiger partial charge in [0.1, 0.15) is 6.61 Å². The summed E-state index contributed by atoms with van der Waals surface area (Å²) in [6, 6.07) is 9.64. The molecule has 3 atom stereocenters.